The maximum absolute atomic E-state index is 5.60. The summed E-state index contributed by atoms with van der Waals surface area (Å²) in [4.78, 5) is 21.1. The first kappa shape index (κ1) is 35.2. The van der Waals surface area contributed by atoms with Crippen LogP contribution in [0.2, 0.25) is 0 Å². The third-order valence-electron chi connectivity index (χ3n) is 13.1. The lowest BCUT2D eigenvalue weighted by Crippen LogP contribution is -2.14. The molecule has 62 heavy (non-hydrogen) atoms. The van der Waals surface area contributed by atoms with Crippen LogP contribution in [0.15, 0.2) is 182 Å². The molecule has 0 unspecified atom stereocenters. The molecule has 3 aromatic heterocycles. The van der Waals surface area contributed by atoms with Gasteiger partial charge in [-0.1, -0.05) is 172 Å². The standard InChI is InChI=1S/C57H36N4S/c1-57(2)47-22-12-10-20-42(47)46-31-35(26-29-48(46)57)55-59-54(33-14-4-3-5-15-33)60-56(61-55)36-25-28-43-49(32-36)58-52(51-44-21-11-13-23-50(44)62-53(43)51)34-24-27-41-39-18-7-6-16-37(39)38-17-8-9-19-40(38)45(41)30-34/h3-32H,1-2H3. The van der Waals surface area contributed by atoms with Crippen molar-refractivity contribution in [2.75, 3.05) is 0 Å². The first-order valence-corrected chi connectivity index (χ1v) is 21.9. The highest BCUT2D eigenvalue weighted by atomic mass is 32.1. The Hall–Kier alpha value is -7.60. The normalized spacial score (nSPS) is 13.1. The van der Waals surface area contributed by atoms with Gasteiger partial charge in [-0.25, -0.2) is 19.9 Å². The van der Waals surface area contributed by atoms with Crippen LogP contribution in [0.25, 0.3) is 120 Å². The van der Waals surface area contributed by atoms with Crippen LogP contribution in [0.4, 0.5) is 0 Å². The molecule has 1 aliphatic rings. The van der Waals surface area contributed by atoms with Crippen molar-refractivity contribution >= 4 is 74.7 Å². The van der Waals surface area contributed by atoms with Crippen LogP contribution in [-0.4, -0.2) is 19.9 Å². The average molecular weight is 809 g/mol. The molecule has 0 fully saturated rings. The molecule has 13 rings (SSSR count). The van der Waals surface area contributed by atoms with E-state index < -0.39 is 0 Å². The van der Waals surface area contributed by atoms with Gasteiger partial charge in [0, 0.05) is 53.2 Å². The van der Waals surface area contributed by atoms with E-state index >= 15 is 0 Å². The summed E-state index contributed by atoms with van der Waals surface area (Å²) in [6, 6.07) is 65.3. The van der Waals surface area contributed by atoms with E-state index in [4.69, 9.17) is 19.9 Å². The van der Waals surface area contributed by atoms with Crippen LogP contribution in [-0.2, 0) is 5.41 Å². The molecule has 290 valence electrons. The lowest BCUT2D eigenvalue weighted by molar-refractivity contribution is 0.660. The van der Waals surface area contributed by atoms with Crippen LogP contribution in [0.5, 0.6) is 0 Å². The Balaban J connectivity index is 1.03. The van der Waals surface area contributed by atoms with Crippen LogP contribution >= 0.6 is 11.3 Å². The van der Waals surface area contributed by atoms with Crippen molar-refractivity contribution in [1.29, 1.82) is 0 Å². The van der Waals surface area contributed by atoms with Crippen LogP contribution in [0.3, 0.4) is 0 Å². The van der Waals surface area contributed by atoms with Crippen LogP contribution in [0, 0.1) is 0 Å². The van der Waals surface area contributed by atoms with E-state index in [0.717, 1.165) is 38.9 Å². The van der Waals surface area contributed by atoms with Gasteiger partial charge in [0.25, 0.3) is 0 Å². The lowest BCUT2D eigenvalue weighted by Gasteiger charge is -2.21. The molecule has 0 aliphatic heterocycles. The van der Waals surface area contributed by atoms with Gasteiger partial charge < -0.3 is 0 Å². The minimum absolute atomic E-state index is 0.0876. The summed E-state index contributed by atoms with van der Waals surface area (Å²) < 4.78 is 2.47. The minimum Gasteiger partial charge on any atom is -0.247 e. The third-order valence-corrected chi connectivity index (χ3v) is 14.3. The highest BCUT2D eigenvalue weighted by Crippen LogP contribution is 2.50. The van der Waals surface area contributed by atoms with Gasteiger partial charge in [-0.15, -0.1) is 11.3 Å². The number of benzene rings is 9. The number of nitrogens with zero attached hydrogens (tertiary/aromatic N) is 4. The Kier molecular flexibility index (Phi) is 7.49. The van der Waals surface area contributed by atoms with Crippen molar-refractivity contribution in [2.45, 2.75) is 19.3 Å². The molecule has 1 aliphatic carbocycles. The van der Waals surface area contributed by atoms with Crippen molar-refractivity contribution in [2.24, 2.45) is 0 Å². The fourth-order valence-corrected chi connectivity index (χ4v) is 11.3. The Morgan fingerprint density at radius 3 is 1.65 bits per heavy atom. The summed E-state index contributed by atoms with van der Waals surface area (Å²) in [5.74, 6) is 1.89. The van der Waals surface area contributed by atoms with Crippen LogP contribution < -0.4 is 0 Å². The molecule has 0 N–H and O–H groups in total. The molecule has 0 spiro atoms. The SMILES string of the molecule is CC1(C)c2ccccc2-c2cc(-c3nc(-c4ccccc4)nc(-c4ccc5c(c4)nc(-c4ccc6c7ccccc7c7ccccc7c6c4)c4c6ccccc6sc54)n3)ccc21. The second kappa shape index (κ2) is 13.2. The molecule has 0 saturated carbocycles. The Labute approximate surface area is 361 Å². The van der Waals surface area contributed by atoms with E-state index in [9.17, 15) is 0 Å². The van der Waals surface area contributed by atoms with Crippen molar-refractivity contribution in [1.82, 2.24) is 19.9 Å². The maximum Gasteiger partial charge on any atom is 0.164 e. The lowest BCUT2D eigenvalue weighted by atomic mass is 9.82. The summed E-state index contributed by atoms with van der Waals surface area (Å²) in [7, 11) is 0. The number of aromatic nitrogens is 4. The number of pyridine rings is 1. The van der Waals surface area contributed by atoms with E-state index in [-0.39, 0.29) is 5.41 Å². The average Bonchev–Trinajstić information content (AvgIpc) is 3.83. The molecule has 3 heterocycles. The van der Waals surface area contributed by atoms with Gasteiger partial charge in [-0.3, -0.25) is 0 Å². The molecule has 5 heteroatoms. The fourth-order valence-electron chi connectivity index (χ4n) is 10.1. The van der Waals surface area contributed by atoms with Gasteiger partial charge in [0.2, 0.25) is 0 Å². The fraction of sp³-hybridized carbons (Fsp3) is 0.0526. The van der Waals surface area contributed by atoms with Crippen molar-refractivity contribution in [3.63, 3.8) is 0 Å². The van der Waals surface area contributed by atoms with Crippen LogP contribution in [0.1, 0.15) is 25.0 Å². The monoisotopic (exact) mass is 808 g/mol. The predicted octanol–water partition coefficient (Wildman–Crippen LogP) is 15.2. The van der Waals surface area contributed by atoms with Crippen molar-refractivity contribution < 1.29 is 0 Å². The van der Waals surface area contributed by atoms with E-state index in [0.29, 0.717) is 17.5 Å². The predicted molar refractivity (Wildman–Crippen MR) is 260 cm³/mol. The summed E-state index contributed by atoms with van der Waals surface area (Å²) >= 11 is 1.83. The molecular formula is C57H36N4S. The van der Waals surface area contributed by atoms with Gasteiger partial charge in [-0.05, 0) is 78.8 Å². The minimum atomic E-state index is -0.0876. The number of thiophene rings is 1. The van der Waals surface area contributed by atoms with Gasteiger partial charge in [0.1, 0.15) is 0 Å². The van der Waals surface area contributed by atoms with Gasteiger partial charge in [0.05, 0.1) is 11.2 Å². The van der Waals surface area contributed by atoms with Gasteiger partial charge in [0.15, 0.2) is 17.5 Å². The summed E-state index contributed by atoms with van der Waals surface area (Å²) in [5, 5.41) is 11.0. The summed E-state index contributed by atoms with van der Waals surface area (Å²) in [6.07, 6.45) is 0. The van der Waals surface area contributed by atoms with E-state index in [1.807, 2.05) is 29.5 Å². The molecule has 9 aromatic carbocycles. The highest BCUT2D eigenvalue weighted by molar-refractivity contribution is 7.26. The van der Waals surface area contributed by atoms with E-state index in [1.165, 1.54) is 74.7 Å². The second-order valence-electron chi connectivity index (χ2n) is 16.9. The van der Waals surface area contributed by atoms with Gasteiger partial charge >= 0.3 is 0 Å². The molecule has 0 bridgehead atoms. The molecule has 12 aromatic rings. The Bertz CT molecular complexity index is 3810. The van der Waals surface area contributed by atoms with Crippen molar-refractivity contribution in [3.8, 4) is 56.5 Å². The zero-order chi connectivity index (χ0) is 41.1. The first-order valence-electron chi connectivity index (χ1n) is 21.1. The maximum atomic E-state index is 5.60. The molecule has 0 radical (unpaired) electrons. The number of hydrogen-bond acceptors (Lipinski definition) is 5. The molecule has 4 nitrogen and oxygen atoms in total. The summed E-state index contributed by atoms with van der Waals surface area (Å²) in [6.45, 7) is 4.61. The quantitative estimate of drug-likeness (QED) is 0.166. The van der Waals surface area contributed by atoms with Gasteiger partial charge in [-0.2, -0.15) is 0 Å². The zero-order valence-corrected chi connectivity index (χ0v) is 34.8. The smallest absolute Gasteiger partial charge is 0.164 e. The molecule has 0 atom stereocenters. The van der Waals surface area contributed by atoms with E-state index in [2.05, 4.69) is 178 Å². The second-order valence-corrected chi connectivity index (χ2v) is 18.0. The number of rotatable bonds is 4. The zero-order valence-electron chi connectivity index (χ0n) is 34.0. The van der Waals surface area contributed by atoms with Crippen molar-refractivity contribution in [3.05, 3.63) is 193 Å². The Morgan fingerprint density at radius 1 is 0.371 bits per heavy atom. The molecule has 0 saturated heterocycles. The highest BCUT2D eigenvalue weighted by Gasteiger charge is 2.35. The Morgan fingerprint density at radius 2 is 0.903 bits per heavy atom. The third kappa shape index (κ3) is 5.19. The largest absolute Gasteiger partial charge is 0.247 e. The molecule has 0 amide bonds. The number of hydrogen-bond donors (Lipinski definition) is 0. The van der Waals surface area contributed by atoms with E-state index in [1.54, 1.807) is 0 Å². The topological polar surface area (TPSA) is 51.6 Å². The molecular weight excluding hydrogens is 773 g/mol. The first-order chi connectivity index (χ1) is 30.5. The number of fused-ring (bicyclic) bond motifs is 14. The summed E-state index contributed by atoms with van der Waals surface area (Å²) in [5.41, 5.74) is 10.8.